The van der Waals surface area contributed by atoms with Gasteiger partial charge in [0.15, 0.2) is 0 Å². The van der Waals surface area contributed by atoms with Crippen molar-refractivity contribution in [2.45, 2.75) is 212 Å². The number of nitrogens with one attached hydrogen (secondary N) is 3. The van der Waals surface area contributed by atoms with Crippen molar-refractivity contribution in [2.75, 3.05) is 19.8 Å². The number of aliphatic hydroxyl groups excluding tert-OH is 2. The molecule has 0 saturated carbocycles. The molecule has 1 aromatic carbocycles. The summed E-state index contributed by atoms with van der Waals surface area (Å²) in [6.07, 6.45) is 75.9. The third-order valence-electron chi connectivity index (χ3n) is 12.9. The SMILES string of the molecule is CCC=CCC=CCC=CCC=CCC=CCC=CCCC(=O)NCCCCC(NC(=O)CCC=CCC=CCC=CCC=CCC=CCC=CCC)C(=O)NC(CO)(CO)CCc1ccc(CCCCCCCC)cc1. The molecule has 0 spiro atoms. The van der Waals surface area contributed by atoms with E-state index in [4.69, 9.17) is 0 Å². The number of allylic oxidation sites excluding steroid dienone is 24. The second-order valence-corrected chi connectivity index (χ2v) is 19.8. The summed E-state index contributed by atoms with van der Waals surface area (Å²) in [5, 5.41) is 30.0. The third kappa shape index (κ3) is 43.1. The van der Waals surface area contributed by atoms with E-state index in [1.165, 1.54) is 44.1 Å². The Labute approximate surface area is 469 Å². The highest BCUT2D eigenvalue weighted by molar-refractivity contribution is 5.88. The van der Waals surface area contributed by atoms with Crippen molar-refractivity contribution in [1.82, 2.24) is 16.0 Å². The molecule has 8 heteroatoms. The molecule has 0 aliphatic carbocycles. The lowest BCUT2D eigenvalue weighted by Crippen LogP contribution is -2.59. The van der Waals surface area contributed by atoms with Crippen LogP contribution in [0, 0.1) is 0 Å². The quantitative estimate of drug-likeness (QED) is 0.0328. The van der Waals surface area contributed by atoms with Crippen LogP contribution < -0.4 is 16.0 Å². The van der Waals surface area contributed by atoms with Gasteiger partial charge in [0.05, 0.1) is 18.8 Å². The molecule has 0 bridgehead atoms. The second-order valence-electron chi connectivity index (χ2n) is 19.8. The van der Waals surface area contributed by atoms with Crippen molar-refractivity contribution < 1.29 is 24.6 Å². The minimum Gasteiger partial charge on any atom is -0.394 e. The van der Waals surface area contributed by atoms with E-state index in [9.17, 15) is 24.6 Å². The largest absolute Gasteiger partial charge is 0.394 e. The molecule has 0 saturated heterocycles. The van der Waals surface area contributed by atoms with Gasteiger partial charge in [-0.1, -0.05) is 223 Å². The van der Waals surface area contributed by atoms with Gasteiger partial charge in [-0.2, -0.15) is 0 Å². The van der Waals surface area contributed by atoms with Gasteiger partial charge in [0.1, 0.15) is 6.04 Å². The van der Waals surface area contributed by atoms with Gasteiger partial charge in [-0.3, -0.25) is 14.4 Å². The number of unbranched alkanes of at least 4 members (excludes halogenated alkanes) is 6. The summed E-state index contributed by atoms with van der Waals surface area (Å²) in [5.41, 5.74) is 1.10. The van der Waals surface area contributed by atoms with Crippen LogP contribution in [0.1, 0.15) is 199 Å². The third-order valence-corrected chi connectivity index (χ3v) is 12.9. The highest BCUT2D eigenvalue weighted by atomic mass is 16.3. The van der Waals surface area contributed by atoms with Crippen LogP contribution in [0.4, 0.5) is 0 Å². The molecule has 0 fully saturated rings. The lowest BCUT2D eigenvalue weighted by atomic mass is 9.91. The summed E-state index contributed by atoms with van der Waals surface area (Å²) in [5.74, 6) is -0.707. The molecule has 77 heavy (non-hydrogen) atoms. The Morgan fingerprint density at radius 2 is 0.831 bits per heavy atom. The summed E-state index contributed by atoms with van der Waals surface area (Å²) in [7, 11) is 0. The predicted octanol–water partition coefficient (Wildman–Crippen LogP) is 16.1. The van der Waals surface area contributed by atoms with E-state index in [-0.39, 0.29) is 18.2 Å². The van der Waals surface area contributed by atoms with Crippen molar-refractivity contribution >= 4 is 17.7 Å². The molecule has 1 unspecified atom stereocenters. The Kier molecular flexibility index (Phi) is 47.3. The number of hydrogen-bond acceptors (Lipinski definition) is 5. The van der Waals surface area contributed by atoms with Gasteiger partial charge in [-0.05, 0) is 146 Å². The zero-order valence-corrected chi connectivity index (χ0v) is 48.3. The standard InChI is InChI=1S/C69H105N3O5/c1-4-7-10-13-16-18-20-22-24-26-28-30-32-34-36-38-40-43-46-52-66(75)70-60-49-48-51-65(71-67(76)53-47-44-41-39-37-35-33-31-29-27-25-23-21-19-17-14-11-8-5-2)68(77)72-69(61-73,62-74)59-58-64-56-54-63(55-57-64)50-45-42-15-12-9-6-3/h7-8,10-11,16-19,22-25,28-31,34-37,40-41,43-44,54-57,65,73-74H,4-6,9,12-15,20-21,26-27,32-33,38-39,42,45-53,58-62H2,1-3H3,(H,70,75)(H,71,76)(H,72,77). The first-order chi connectivity index (χ1) is 37.8. The summed E-state index contributed by atoms with van der Waals surface area (Å²) >= 11 is 0. The smallest absolute Gasteiger partial charge is 0.243 e. The fourth-order valence-corrected chi connectivity index (χ4v) is 8.10. The van der Waals surface area contributed by atoms with Crippen molar-refractivity contribution in [3.05, 3.63) is 181 Å². The fourth-order valence-electron chi connectivity index (χ4n) is 8.10. The maximum absolute atomic E-state index is 14.0. The lowest BCUT2D eigenvalue weighted by molar-refractivity contribution is -0.131. The van der Waals surface area contributed by atoms with Crippen LogP contribution in [0.15, 0.2) is 170 Å². The van der Waals surface area contributed by atoms with E-state index in [2.05, 4.69) is 189 Å². The van der Waals surface area contributed by atoms with E-state index >= 15 is 0 Å². The van der Waals surface area contributed by atoms with E-state index in [0.29, 0.717) is 57.9 Å². The van der Waals surface area contributed by atoms with Crippen molar-refractivity contribution in [3.63, 3.8) is 0 Å². The summed E-state index contributed by atoms with van der Waals surface area (Å²) in [6.45, 7) is 6.10. The van der Waals surface area contributed by atoms with Crippen LogP contribution in [0.25, 0.3) is 0 Å². The van der Waals surface area contributed by atoms with Crippen LogP contribution >= 0.6 is 0 Å². The number of benzene rings is 1. The molecule has 8 nitrogen and oxygen atoms in total. The first-order valence-corrected chi connectivity index (χ1v) is 29.8. The molecule has 3 amide bonds. The molecular formula is C69H105N3O5. The Bertz CT molecular complexity index is 1990. The molecule has 0 radical (unpaired) electrons. The molecular weight excluding hydrogens is 951 g/mol. The Morgan fingerprint density at radius 3 is 1.25 bits per heavy atom. The minimum atomic E-state index is -1.26. The number of aryl methyl sites for hydroxylation is 2. The van der Waals surface area contributed by atoms with Crippen LogP contribution in [-0.2, 0) is 27.2 Å². The minimum absolute atomic E-state index is 0.0235. The molecule has 0 aliphatic rings. The number of hydrogen-bond donors (Lipinski definition) is 5. The average molecular weight is 1060 g/mol. The Hall–Kier alpha value is -5.57. The molecule has 0 aliphatic heterocycles. The zero-order valence-electron chi connectivity index (χ0n) is 48.3. The van der Waals surface area contributed by atoms with E-state index < -0.39 is 30.7 Å². The first kappa shape index (κ1) is 69.4. The maximum atomic E-state index is 14.0. The average Bonchev–Trinajstić information content (AvgIpc) is 3.44. The Balaban J connectivity index is 2.66. The van der Waals surface area contributed by atoms with Crippen molar-refractivity contribution in [2.24, 2.45) is 0 Å². The first-order valence-electron chi connectivity index (χ1n) is 29.8. The number of aliphatic hydroxyl groups is 2. The van der Waals surface area contributed by atoms with Gasteiger partial charge in [-0.25, -0.2) is 0 Å². The van der Waals surface area contributed by atoms with Gasteiger partial charge in [0, 0.05) is 19.4 Å². The fraction of sp³-hybridized carbons (Fsp3) is 0.522. The van der Waals surface area contributed by atoms with Crippen molar-refractivity contribution in [1.29, 1.82) is 0 Å². The summed E-state index contributed by atoms with van der Waals surface area (Å²) < 4.78 is 0. The Morgan fingerprint density at radius 1 is 0.455 bits per heavy atom. The normalized spacial score (nSPS) is 13.3. The predicted molar refractivity (Wildman–Crippen MR) is 331 cm³/mol. The lowest BCUT2D eigenvalue weighted by Gasteiger charge is -2.33. The van der Waals surface area contributed by atoms with Gasteiger partial charge < -0.3 is 26.2 Å². The highest BCUT2D eigenvalue weighted by Crippen LogP contribution is 2.18. The zero-order chi connectivity index (χ0) is 55.8. The van der Waals surface area contributed by atoms with Crippen LogP contribution in [0.5, 0.6) is 0 Å². The molecule has 5 N–H and O–H groups in total. The van der Waals surface area contributed by atoms with Crippen LogP contribution in [0.2, 0.25) is 0 Å². The van der Waals surface area contributed by atoms with E-state index in [1.807, 2.05) is 18.2 Å². The van der Waals surface area contributed by atoms with Gasteiger partial charge in [0.25, 0.3) is 0 Å². The van der Waals surface area contributed by atoms with Gasteiger partial charge in [0.2, 0.25) is 17.7 Å². The molecule has 0 heterocycles. The molecule has 0 aromatic heterocycles. The second kappa shape index (κ2) is 52.5. The summed E-state index contributed by atoms with van der Waals surface area (Å²) in [4.78, 5) is 39.8. The monoisotopic (exact) mass is 1060 g/mol. The topological polar surface area (TPSA) is 128 Å². The number of carbonyl (C=O) groups is 3. The van der Waals surface area contributed by atoms with Crippen molar-refractivity contribution in [3.8, 4) is 0 Å². The molecule has 1 atom stereocenters. The van der Waals surface area contributed by atoms with Crippen LogP contribution in [-0.4, -0.2) is 59.3 Å². The van der Waals surface area contributed by atoms with Crippen LogP contribution in [0.3, 0.4) is 0 Å². The van der Waals surface area contributed by atoms with E-state index in [0.717, 1.165) is 89.0 Å². The number of rotatable bonds is 48. The van der Waals surface area contributed by atoms with Gasteiger partial charge in [-0.15, -0.1) is 0 Å². The molecule has 1 aromatic rings. The van der Waals surface area contributed by atoms with E-state index in [1.54, 1.807) is 0 Å². The molecule has 1 rings (SSSR count). The maximum Gasteiger partial charge on any atom is 0.243 e. The summed E-state index contributed by atoms with van der Waals surface area (Å²) in [6, 6.07) is 7.63. The number of carbonyl (C=O) groups excluding carboxylic acids is 3. The van der Waals surface area contributed by atoms with Gasteiger partial charge >= 0.3 is 0 Å². The highest BCUT2D eigenvalue weighted by Gasteiger charge is 2.33. The number of amides is 3. The molecule has 426 valence electrons.